The molecule has 0 bridgehead atoms. The van der Waals surface area contributed by atoms with Gasteiger partial charge in [0, 0.05) is 13.7 Å². The second-order valence-electron chi connectivity index (χ2n) is 5.04. The Morgan fingerprint density at radius 1 is 0.955 bits per heavy atom. The first-order valence-corrected chi connectivity index (χ1v) is 7.32. The lowest BCUT2D eigenvalue weighted by Crippen LogP contribution is -2.04. The van der Waals surface area contributed by atoms with E-state index in [1.165, 1.54) is 11.1 Å². The molecule has 0 spiro atoms. The molecule has 0 saturated carbocycles. The Balaban J connectivity index is 1.93. The van der Waals surface area contributed by atoms with Crippen LogP contribution in [-0.2, 0) is 11.3 Å². The molecule has 118 valence electrons. The summed E-state index contributed by atoms with van der Waals surface area (Å²) in [5.74, 6) is 1.71. The van der Waals surface area contributed by atoms with Gasteiger partial charge in [-0.1, -0.05) is 18.2 Å². The van der Waals surface area contributed by atoms with Gasteiger partial charge < -0.3 is 19.5 Å². The maximum absolute atomic E-state index is 5.55. The highest BCUT2D eigenvalue weighted by Crippen LogP contribution is 2.25. The van der Waals surface area contributed by atoms with Crippen molar-refractivity contribution in [3.8, 4) is 11.5 Å². The molecular formula is C18H23NO3. The third-order valence-corrected chi connectivity index (χ3v) is 3.32. The minimum atomic E-state index is 0.564. The summed E-state index contributed by atoms with van der Waals surface area (Å²) in [6.45, 7) is 3.96. The highest BCUT2D eigenvalue weighted by atomic mass is 16.5. The van der Waals surface area contributed by atoms with Crippen LogP contribution in [0.4, 0.5) is 5.69 Å². The van der Waals surface area contributed by atoms with Crippen molar-refractivity contribution in [2.75, 3.05) is 32.8 Å². The molecule has 0 atom stereocenters. The largest absolute Gasteiger partial charge is 0.495 e. The van der Waals surface area contributed by atoms with Crippen LogP contribution in [0.1, 0.15) is 11.1 Å². The highest BCUT2D eigenvalue weighted by Gasteiger charge is 2.03. The average Bonchev–Trinajstić information content (AvgIpc) is 2.54. The summed E-state index contributed by atoms with van der Waals surface area (Å²) in [5, 5.41) is 3.41. The molecule has 0 aliphatic rings. The van der Waals surface area contributed by atoms with E-state index < -0.39 is 0 Å². The van der Waals surface area contributed by atoms with Gasteiger partial charge in [0.25, 0.3) is 0 Å². The number of hydrogen-bond acceptors (Lipinski definition) is 4. The molecule has 0 fully saturated rings. The van der Waals surface area contributed by atoms with E-state index in [0.29, 0.717) is 13.2 Å². The van der Waals surface area contributed by atoms with Gasteiger partial charge in [-0.2, -0.15) is 0 Å². The van der Waals surface area contributed by atoms with Gasteiger partial charge in [-0.05, 0) is 42.3 Å². The Labute approximate surface area is 132 Å². The first-order valence-electron chi connectivity index (χ1n) is 7.32. The Morgan fingerprint density at radius 2 is 1.73 bits per heavy atom. The van der Waals surface area contributed by atoms with Crippen LogP contribution >= 0.6 is 0 Å². The Bertz CT molecular complexity index is 581. The van der Waals surface area contributed by atoms with Gasteiger partial charge in [-0.15, -0.1) is 0 Å². The molecule has 0 saturated heterocycles. The molecule has 4 nitrogen and oxygen atoms in total. The zero-order valence-corrected chi connectivity index (χ0v) is 13.4. The molecule has 22 heavy (non-hydrogen) atoms. The molecule has 0 unspecified atom stereocenters. The Morgan fingerprint density at radius 3 is 2.41 bits per heavy atom. The summed E-state index contributed by atoms with van der Waals surface area (Å²) >= 11 is 0. The number of aryl methyl sites for hydroxylation is 1. The average molecular weight is 301 g/mol. The smallest absolute Gasteiger partial charge is 0.141 e. The van der Waals surface area contributed by atoms with Gasteiger partial charge in [-0.3, -0.25) is 0 Å². The summed E-state index contributed by atoms with van der Waals surface area (Å²) in [6.07, 6.45) is 0. The molecule has 0 aliphatic carbocycles. The highest BCUT2D eigenvalue weighted by molar-refractivity contribution is 5.58. The van der Waals surface area contributed by atoms with Crippen molar-refractivity contribution in [1.29, 1.82) is 0 Å². The van der Waals surface area contributed by atoms with E-state index in [9.17, 15) is 0 Å². The summed E-state index contributed by atoms with van der Waals surface area (Å²) in [7, 11) is 3.35. The van der Waals surface area contributed by atoms with Gasteiger partial charge in [0.05, 0.1) is 19.4 Å². The molecule has 0 amide bonds. The fourth-order valence-electron chi connectivity index (χ4n) is 2.10. The molecule has 0 heterocycles. The number of nitrogens with one attached hydrogen (secondary N) is 1. The number of ether oxygens (including phenoxy) is 3. The van der Waals surface area contributed by atoms with Crippen molar-refractivity contribution in [2.45, 2.75) is 13.5 Å². The molecule has 2 aromatic carbocycles. The van der Waals surface area contributed by atoms with Crippen molar-refractivity contribution >= 4 is 5.69 Å². The molecular weight excluding hydrogens is 278 g/mol. The van der Waals surface area contributed by atoms with Crippen LogP contribution in [-0.4, -0.2) is 27.4 Å². The van der Waals surface area contributed by atoms with Gasteiger partial charge >= 0.3 is 0 Å². The van der Waals surface area contributed by atoms with Gasteiger partial charge in [0.15, 0.2) is 0 Å². The van der Waals surface area contributed by atoms with Gasteiger partial charge in [-0.25, -0.2) is 0 Å². The molecule has 2 rings (SSSR count). The first kappa shape index (κ1) is 16.2. The predicted octanol–water partition coefficient (Wildman–Crippen LogP) is 3.64. The first-order chi connectivity index (χ1) is 10.7. The quantitative estimate of drug-likeness (QED) is 0.756. The standard InChI is InChI=1S/C18H23NO3/c1-14-4-9-18(21-3)17(12-14)19-13-15-5-7-16(8-6-15)22-11-10-20-2/h4-9,12,19H,10-11,13H2,1-3H3. The fraction of sp³-hybridized carbons (Fsp3) is 0.333. The minimum absolute atomic E-state index is 0.564. The van der Waals surface area contributed by atoms with Crippen LogP contribution < -0.4 is 14.8 Å². The SMILES string of the molecule is COCCOc1ccc(CNc2cc(C)ccc2OC)cc1. The maximum Gasteiger partial charge on any atom is 0.141 e. The molecule has 2 aromatic rings. The van der Waals surface area contributed by atoms with E-state index in [0.717, 1.165) is 23.7 Å². The number of hydrogen-bond donors (Lipinski definition) is 1. The van der Waals surface area contributed by atoms with Crippen molar-refractivity contribution in [3.63, 3.8) is 0 Å². The lowest BCUT2D eigenvalue weighted by Gasteiger charge is -2.12. The Kier molecular flexibility index (Phi) is 6.10. The van der Waals surface area contributed by atoms with Gasteiger partial charge in [0.2, 0.25) is 0 Å². The van der Waals surface area contributed by atoms with Crippen LogP contribution in [0, 0.1) is 6.92 Å². The van der Waals surface area contributed by atoms with Crippen LogP contribution in [0.5, 0.6) is 11.5 Å². The molecule has 1 N–H and O–H groups in total. The van der Waals surface area contributed by atoms with Crippen molar-refractivity contribution < 1.29 is 14.2 Å². The fourth-order valence-corrected chi connectivity index (χ4v) is 2.10. The lowest BCUT2D eigenvalue weighted by molar-refractivity contribution is 0.146. The summed E-state index contributed by atoms with van der Waals surface area (Å²) < 4.78 is 15.9. The van der Waals surface area contributed by atoms with Crippen LogP contribution in [0.2, 0.25) is 0 Å². The van der Waals surface area contributed by atoms with E-state index in [1.54, 1.807) is 14.2 Å². The number of anilines is 1. The Hall–Kier alpha value is -2.20. The normalized spacial score (nSPS) is 10.3. The van der Waals surface area contributed by atoms with E-state index in [-0.39, 0.29) is 0 Å². The van der Waals surface area contributed by atoms with Crippen LogP contribution in [0.25, 0.3) is 0 Å². The van der Waals surface area contributed by atoms with Crippen molar-refractivity contribution in [3.05, 3.63) is 53.6 Å². The number of methoxy groups -OCH3 is 2. The van der Waals surface area contributed by atoms with E-state index in [2.05, 4.69) is 30.4 Å². The van der Waals surface area contributed by atoms with Gasteiger partial charge in [0.1, 0.15) is 18.1 Å². The molecule has 0 radical (unpaired) electrons. The minimum Gasteiger partial charge on any atom is -0.495 e. The van der Waals surface area contributed by atoms with Crippen LogP contribution in [0.3, 0.4) is 0 Å². The monoisotopic (exact) mass is 301 g/mol. The van der Waals surface area contributed by atoms with Crippen LogP contribution in [0.15, 0.2) is 42.5 Å². The van der Waals surface area contributed by atoms with E-state index >= 15 is 0 Å². The molecule has 4 heteroatoms. The summed E-state index contributed by atoms with van der Waals surface area (Å²) in [4.78, 5) is 0. The number of rotatable bonds is 8. The second kappa shape index (κ2) is 8.29. The maximum atomic E-state index is 5.55. The third kappa shape index (κ3) is 4.67. The zero-order valence-electron chi connectivity index (χ0n) is 13.4. The number of benzene rings is 2. The second-order valence-corrected chi connectivity index (χ2v) is 5.04. The third-order valence-electron chi connectivity index (χ3n) is 3.32. The lowest BCUT2D eigenvalue weighted by atomic mass is 10.2. The summed E-state index contributed by atoms with van der Waals surface area (Å²) in [6, 6.07) is 14.1. The molecule has 0 aliphatic heterocycles. The van der Waals surface area contributed by atoms with E-state index in [4.69, 9.17) is 14.2 Å². The molecule has 0 aromatic heterocycles. The predicted molar refractivity (Wildman–Crippen MR) is 88.9 cm³/mol. The topological polar surface area (TPSA) is 39.7 Å². The van der Waals surface area contributed by atoms with Crippen molar-refractivity contribution in [2.24, 2.45) is 0 Å². The van der Waals surface area contributed by atoms with E-state index in [1.807, 2.05) is 24.3 Å². The van der Waals surface area contributed by atoms with Crippen molar-refractivity contribution in [1.82, 2.24) is 0 Å². The summed E-state index contributed by atoms with van der Waals surface area (Å²) in [5.41, 5.74) is 3.38. The zero-order chi connectivity index (χ0) is 15.8.